The maximum atomic E-state index is 14.8. The number of nitrogens with two attached hydrogens (primary N) is 1. The number of likely N-dealkylation sites (N-methyl/N-ethyl adjacent to an activating group) is 2. The lowest BCUT2D eigenvalue weighted by molar-refractivity contribution is -0.270. The number of thiol groups is 1. The van der Waals surface area contributed by atoms with Crippen molar-refractivity contribution in [2.24, 2.45) is 17.6 Å². The number of urea groups is 1. The molecule has 10 amide bonds. The van der Waals surface area contributed by atoms with Crippen molar-refractivity contribution in [1.29, 1.82) is 0 Å². The number of hydrogen-bond acceptors (Lipinski definition) is 22. The van der Waals surface area contributed by atoms with Crippen molar-refractivity contribution >= 4 is 151 Å². The van der Waals surface area contributed by atoms with Crippen molar-refractivity contribution in [3.8, 4) is 11.5 Å². The molecule has 5 heterocycles. The van der Waals surface area contributed by atoms with Crippen LogP contribution in [0.15, 0.2) is 97.1 Å². The first-order valence-electron chi connectivity index (χ1n) is 35.0. The number of aliphatic hydroxyl groups excluding tert-OH is 3. The number of carbonyl (C=O) groups is 11. The highest BCUT2D eigenvalue weighted by molar-refractivity contribution is 7.81. The molecule has 4 aliphatic rings. The number of Topliss-reactive ketones (excluding diaryl/α,β-unsaturated/α-hetero) is 1. The van der Waals surface area contributed by atoms with E-state index in [4.69, 9.17) is 57.4 Å². The fourth-order valence-corrected chi connectivity index (χ4v) is 15.0. The number of imide groups is 1. The molecule has 3 unspecified atom stereocenters. The van der Waals surface area contributed by atoms with E-state index in [-0.39, 0.29) is 166 Å². The predicted molar refractivity (Wildman–Crippen MR) is 401 cm³/mol. The minimum atomic E-state index is -1.96. The number of aliphatic carboxylic acids is 1. The number of ketones is 1. The zero-order valence-electron chi connectivity index (χ0n) is 59.5. The number of nitrogens with zero attached hydrogens (tertiary/aromatic N) is 5. The van der Waals surface area contributed by atoms with E-state index in [0.717, 1.165) is 21.8 Å². The van der Waals surface area contributed by atoms with Crippen molar-refractivity contribution in [2.75, 3.05) is 107 Å². The van der Waals surface area contributed by atoms with Crippen molar-refractivity contribution < 1.29 is 102 Å². The first-order valence-corrected chi connectivity index (χ1v) is 37.4. The summed E-state index contributed by atoms with van der Waals surface area (Å²) in [5, 5.41) is 51.3. The van der Waals surface area contributed by atoms with Gasteiger partial charge in [0, 0.05) is 124 Å². The molecule has 34 heteroatoms. The molecule has 10 rings (SSSR count). The maximum absolute atomic E-state index is 14.8. The predicted octanol–water partition coefficient (Wildman–Crippen LogP) is 6.57. The number of carboxylic acids is 1. The molecule has 4 aliphatic heterocycles. The van der Waals surface area contributed by atoms with E-state index in [0.29, 0.717) is 56.2 Å². The minimum absolute atomic E-state index is 0.00261. The highest BCUT2D eigenvalue weighted by atomic mass is 35.5. The third-order valence-electron chi connectivity index (χ3n) is 19.1. The van der Waals surface area contributed by atoms with E-state index in [1.54, 1.807) is 92.7 Å². The van der Waals surface area contributed by atoms with Crippen LogP contribution in [0.2, 0.25) is 0 Å². The number of likely N-dealkylation sites (tertiary alicyclic amines) is 1. The molecule has 0 aliphatic carbocycles. The quantitative estimate of drug-likeness (QED) is 0.00909. The minimum Gasteiger partial charge on any atom is -0.479 e. The Morgan fingerprint density at radius 2 is 1.30 bits per heavy atom. The Morgan fingerprint density at radius 3 is 1.85 bits per heavy atom. The highest BCUT2D eigenvalue weighted by Gasteiger charge is 2.49. The largest absolute Gasteiger partial charge is 0.479 e. The number of anilines is 3. The highest BCUT2D eigenvalue weighted by Crippen LogP contribution is 2.49. The number of hydrogen-bond donors (Lipinski definition) is 9. The summed E-state index contributed by atoms with van der Waals surface area (Å²) in [5.41, 5.74) is 8.47. The van der Waals surface area contributed by atoms with Crippen LogP contribution in [0, 0.1) is 11.8 Å². The third kappa shape index (κ3) is 19.1. The van der Waals surface area contributed by atoms with Crippen LogP contribution in [0.1, 0.15) is 93.8 Å². The standard InChI is InChI=1S/C74H85Cl2N9O21S2/c1-39(2)61(80-57(87)21-26-101-28-29-102-27-25-83-58(88)33-54(107)67(83)93)51(86)30-41(10-9-22-78-72(77)98)66(92)79-44-17-15-40(16-18-44)38-103-73(99)81(3)23-24-82(4)74(100)105-53-32-50-60(48-14-8-6-12-46(48)53)43(35-76)37-85(50)69(95)56-20-19-55(108-56)68(94)84-36-42(34-75)59-47-13-7-5-11-45(47)52(31-49(59)84)104-71-64(91)62(89)63(90)65(106-71)70(96)97/h5-8,11-20,31-32,39,41-43,54,61-65,71,89-91,107H,9-10,21-30,33-38H2,1-4H3,(H,79,92)(H,80,87)(H,96,97)(H3,77,78,98)/t41-,42-,43-,54?,61+,62?,63+,64+,65?,71-/m1/s1. The second kappa shape index (κ2) is 36.8. The first-order chi connectivity index (χ1) is 51.7. The molecule has 0 radical (unpaired) electrons. The molecule has 2 saturated heterocycles. The monoisotopic (exact) mass is 1570 g/mol. The summed E-state index contributed by atoms with van der Waals surface area (Å²) < 4.78 is 34.2. The van der Waals surface area contributed by atoms with E-state index in [9.17, 15) is 73.2 Å². The number of carbonyl (C=O) groups excluding carboxylic acids is 10. The number of carboxylic acid groups (broad SMARTS) is 1. The third-order valence-corrected chi connectivity index (χ3v) is 21.3. The van der Waals surface area contributed by atoms with E-state index in [2.05, 4.69) is 28.6 Å². The van der Waals surface area contributed by atoms with Crippen molar-refractivity contribution in [2.45, 2.75) is 106 Å². The van der Waals surface area contributed by atoms with Gasteiger partial charge in [0.25, 0.3) is 11.8 Å². The second-order valence-corrected chi connectivity index (χ2v) is 29.2. The van der Waals surface area contributed by atoms with Gasteiger partial charge in [-0.3, -0.25) is 38.5 Å². The van der Waals surface area contributed by atoms with Crippen LogP contribution in [0.25, 0.3) is 21.5 Å². The number of nitrogens with one attached hydrogen (secondary N) is 3. The Hall–Kier alpha value is -9.22. The second-order valence-electron chi connectivity index (χ2n) is 26.9. The molecule has 2 fully saturated rings. The van der Waals surface area contributed by atoms with Crippen molar-refractivity contribution in [3.63, 3.8) is 0 Å². The molecule has 30 nitrogen and oxygen atoms in total. The van der Waals surface area contributed by atoms with Gasteiger partial charge in [-0.2, -0.15) is 12.6 Å². The summed E-state index contributed by atoms with van der Waals surface area (Å²) in [6, 6.07) is 25.2. The zero-order valence-corrected chi connectivity index (χ0v) is 62.7. The van der Waals surface area contributed by atoms with Crippen molar-refractivity contribution in [3.05, 3.63) is 124 Å². The van der Waals surface area contributed by atoms with Crippen LogP contribution in [-0.2, 0) is 54.3 Å². The Labute approximate surface area is 640 Å². The normalized spacial score (nSPS) is 20.1. The average molecular weight is 1570 g/mol. The summed E-state index contributed by atoms with van der Waals surface area (Å²) in [6.07, 6.45) is -10.7. The molecule has 108 heavy (non-hydrogen) atoms. The summed E-state index contributed by atoms with van der Waals surface area (Å²) in [4.78, 5) is 152. The molecule has 0 spiro atoms. The zero-order chi connectivity index (χ0) is 77.8. The van der Waals surface area contributed by atoms with Gasteiger partial charge in [-0.1, -0.05) is 74.5 Å². The van der Waals surface area contributed by atoms with E-state index in [1.165, 1.54) is 39.8 Å². The number of ether oxygens (including phenoxy) is 6. The van der Waals surface area contributed by atoms with Gasteiger partial charge in [-0.15, -0.1) is 34.5 Å². The molecular weight excluding hydrogens is 1490 g/mol. The van der Waals surface area contributed by atoms with E-state index in [1.807, 2.05) is 12.1 Å². The molecule has 9 N–H and O–H groups in total. The summed E-state index contributed by atoms with van der Waals surface area (Å²) in [7, 11) is 2.99. The van der Waals surface area contributed by atoms with Crippen LogP contribution in [0.4, 0.5) is 31.4 Å². The number of halogens is 2. The number of benzene rings is 5. The lowest BCUT2D eigenvalue weighted by atomic mass is 9.89. The number of rotatable bonds is 33. The molecule has 0 bridgehead atoms. The van der Waals surface area contributed by atoms with Crippen LogP contribution < -0.4 is 41.0 Å². The Balaban J connectivity index is 0.717. The van der Waals surface area contributed by atoms with Crippen LogP contribution in [0.3, 0.4) is 0 Å². The molecular formula is C74H85Cl2N9O21S2. The number of amides is 10. The van der Waals surface area contributed by atoms with Crippen LogP contribution in [0.5, 0.6) is 11.5 Å². The Kier molecular flexibility index (Phi) is 27.7. The number of fused-ring (bicyclic) bond motifs is 6. The van der Waals surface area contributed by atoms with Gasteiger partial charge < -0.3 is 90.1 Å². The molecule has 578 valence electrons. The first kappa shape index (κ1) is 81.3. The fraction of sp³-hybridized carbons (Fsp3) is 0.446. The fourth-order valence-electron chi connectivity index (χ4n) is 13.3. The van der Waals surface area contributed by atoms with Gasteiger partial charge in [0.15, 0.2) is 11.9 Å². The van der Waals surface area contributed by atoms with Gasteiger partial charge in [0.2, 0.25) is 29.9 Å². The van der Waals surface area contributed by atoms with Crippen LogP contribution in [-0.4, -0.2) is 234 Å². The summed E-state index contributed by atoms with van der Waals surface area (Å²) >= 11 is 18.3. The maximum Gasteiger partial charge on any atom is 0.415 e. The molecule has 10 atom stereocenters. The Bertz CT molecular complexity index is 4360. The number of primary amides is 1. The topological polar surface area (TPSA) is 402 Å². The average Bonchev–Trinajstić information content (AvgIpc) is 1.56. The number of thiophene rings is 1. The SMILES string of the molecule is CC(C)[C@H](NC(=O)CCOCCOCCN1C(=O)CC(S)C1=O)C(=O)C[C@@H](CCCNC(N)=O)C(=O)Nc1ccc(COC(=O)N(C)CCN(C)C(=O)Oc2cc3c(c4ccccc24)[C@H](CCl)CN3C(=O)c2ccc(C(=O)N3C[C@@H](CCl)c4c3cc(O[C@@H]3OC(C(=O)O)[C@@H](O)C(O)[C@@H]3O)c3ccccc43)s2)cc1. The molecule has 6 aromatic rings. The van der Waals surface area contributed by atoms with Crippen molar-refractivity contribution in [1.82, 2.24) is 25.3 Å². The molecule has 5 aromatic carbocycles. The smallest absolute Gasteiger partial charge is 0.415 e. The van der Waals surface area contributed by atoms with E-state index < -0.39 is 95.7 Å². The molecule has 1 aromatic heterocycles. The lowest BCUT2D eigenvalue weighted by Gasteiger charge is -2.38. The van der Waals surface area contributed by atoms with Crippen LogP contribution >= 0.6 is 47.2 Å². The number of alkyl halides is 2. The summed E-state index contributed by atoms with van der Waals surface area (Å²) in [5.74, 6) is -6.05. The van der Waals surface area contributed by atoms with Gasteiger partial charge >= 0.3 is 24.2 Å². The van der Waals surface area contributed by atoms with Gasteiger partial charge in [0.1, 0.15) is 36.4 Å². The lowest BCUT2D eigenvalue weighted by Crippen LogP contribution is -2.61. The van der Waals surface area contributed by atoms with E-state index >= 15 is 0 Å². The van der Waals surface area contributed by atoms with Gasteiger partial charge in [-0.05, 0) is 70.5 Å². The molecule has 0 saturated carbocycles. The van der Waals surface area contributed by atoms with Gasteiger partial charge in [-0.25, -0.2) is 19.2 Å². The van der Waals surface area contributed by atoms with Gasteiger partial charge in [0.05, 0.1) is 65.4 Å². The Morgan fingerprint density at radius 1 is 0.731 bits per heavy atom. The summed E-state index contributed by atoms with van der Waals surface area (Å²) in [6.45, 7) is 4.30. The number of aliphatic hydroxyl groups is 3.